The standard InChI is InChI=1S/C20H19N3O2/c1-2-13-25-18-10-8-16(9-11-18)20(24)23-22-14-17-6-3-5-15-7-4-12-21-19(15)17/h3-12,14H,2,13H2,1H3,(H,23,24)/b22-14-. The summed E-state index contributed by atoms with van der Waals surface area (Å²) in [7, 11) is 0. The fourth-order valence-electron chi connectivity index (χ4n) is 2.38. The van der Waals surface area contributed by atoms with E-state index >= 15 is 0 Å². The molecular formula is C20H19N3O2. The van der Waals surface area contributed by atoms with Crippen molar-refractivity contribution in [3.05, 3.63) is 71.9 Å². The Labute approximate surface area is 146 Å². The van der Waals surface area contributed by atoms with Gasteiger partial charge in [-0.05, 0) is 36.8 Å². The number of nitrogens with one attached hydrogen (secondary N) is 1. The van der Waals surface area contributed by atoms with Gasteiger partial charge in [0.15, 0.2) is 0 Å². The van der Waals surface area contributed by atoms with Crippen LogP contribution in [0.25, 0.3) is 10.9 Å². The number of amides is 1. The van der Waals surface area contributed by atoms with E-state index in [1.54, 1.807) is 36.7 Å². The molecule has 0 atom stereocenters. The predicted molar refractivity (Wildman–Crippen MR) is 99.0 cm³/mol. The van der Waals surface area contributed by atoms with Crippen LogP contribution in [0.4, 0.5) is 0 Å². The number of hydrazone groups is 1. The molecule has 0 bridgehead atoms. The van der Waals surface area contributed by atoms with Gasteiger partial charge in [0.25, 0.3) is 5.91 Å². The number of carbonyl (C=O) groups is 1. The highest BCUT2D eigenvalue weighted by Crippen LogP contribution is 2.14. The second-order valence-electron chi connectivity index (χ2n) is 5.49. The molecule has 0 saturated carbocycles. The minimum atomic E-state index is -0.272. The first kappa shape index (κ1) is 16.6. The van der Waals surface area contributed by atoms with Gasteiger partial charge in [-0.3, -0.25) is 9.78 Å². The summed E-state index contributed by atoms with van der Waals surface area (Å²) in [5, 5.41) is 5.07. The molecule has 0 spiro atoms. The molecule has 0 aliphatic carbocycles. The van der Waals surface area contributed by atoms with Gasteiger partial charge in [0.05, 0.1) is 18.3 Å². The zero-order valence-corrected chi connectivity index (χ0v) is 14.0. The molecule has 0 fully saturated rings. The summed E-state index contributed by atoms with van der Waals surface area (Å²) in [6.07, 6.45) is 4.28. The fraction of sp³-hybridized carbons (Fsp3) is 0.150. The molecule has 0 aliphatic heterocycles. The Morgan fingerprint density at radius 1 is 1.16 bits per heavy atom. The van der Waals surface area contributed by atoms with Crippen molar-refractivity contribution in [1.29, 1.82) is 0 Å². The van der Waals surface area contributed by atoms with Crippen LogP contribution < -0.4 is 10.2 Å². The summed E-state index contributed by atoms with van der Waals surface area (Å²) < 4.78 is 5.50. The third-order valence-electron chi connectivity index (χ3n) is 3.62. The number of carbonyl (C=O) groups excluding carboxylic acids is 1. The Hall–Kier alpha value is -3.21. The zero-order chi connectivity index (χ0) is 17.5. The lowest BCUT2D eigenvalue weighted by molar-refractivity contribution is 0.0955. The molecule has 1 N–H and O–H groups in total. The van der Waals surface area contributed by atoms with Gasteiger partial charge in [-0.25, -0.2) is 5.43 Å². The van der Waals surface area contributed by atoms with Crippen LogP contribution in [0.3, 0.4) is 0 Å². The number of ether oxygens (including phenoxy) is 1. The largest absolute Gasteiger partial charge is 0.494 e. The molecule has 25 heavy (non-hydrogen) atoms. The van der Waals surface area contributed by atoms with E-state index in [9.17, 15) is 4.79 Å². The Morgan fingerprint density at radius 2 is 1.96 bits per heavy atom. The van der Waals surface area contributed by atoms with Crippen molar-refractivity contribution in [1.82, 2.24) is 10.4 Å². The van der Waals surface area contributed by atoms with Crippen molar-refractivity contribution in [2.24, 2.45) is 5.10 Å². The van der Waals surface area contributed by atoms with Crippen LogP contribution >= 0.6 is 0 Å². The summed E-state index contributed by atoms with van der Waals surface area (Å²) in [5.41, 5.74) is 4.76. The third-order valence-corrected chi connectivity index (χ3v) is 3.62. The van der Waals surface area contributed by atoms with E-state index in [0.29, 0.717) is 12.2 Å². The highest BCUT2D eigenvalue weighted by atomic mass is 16.5. The van der Waals surface area contributed by atoms with Gasteiger partial charge in [0.1, 0.15) is 5.75 Å². The summed E-state index contributed by atoms with van der Waals surface area (Å²) in [4.78, 5) is 16.5. The van der Waals surface area contributed by atoms with E-state index in [2.05, 4.69) is 15.5 Å². The Morgan fingerprint density at radius 3 is 2.76 bits per heavy atom. The minimum Gasteiger partial charge on any atom is -0.494 e. The molecule has 1 heterocycles. The highest BCUT2D eigenvalue weighted by molar-refractivity contribution is 5.99. The molecule has 5 heteroatoms. The molecule has 3 aromatic rings. The summed E-state index contributed by atoms with van der Waals surface area (Å²) in [6, 6.07) is 16.7. The molecule has 5 nitrogen and oxygen atoms in total. The second-order valence-corrected chi connectivity index (χ2v) is 5.49. The summed E-state index contributed by atoms with van der Waals surface area (Å²) >= 11 is 0. The third kappa shape index (κ3) is 4.20. The molecule has 0 aliphatic rings. The lowest BCUT2D eigenvalue weighted by Gasteiger charge is -2.05. The Kier molecular flexibility index (Phi) is 5.36. The minimum absolute atomic E-state index is 0.272. The van der Waals surface area contributed by atoms with Crippen molar-refractivity contribution in [2.75, 3.05) is 6.61 Å². The van der Waals surface area contributed by atoms with Gasteiger partial charge in [0.2, 0.25) is 0 Å². The number of fused-ring (bicyclic) bond motifs is 1. The number of rotatable bonds is 6. The number of nitrogens with zero attached hydrogens (tertiary/aromatic N) is 2. The topological polar surface area (TPSA) is 63.6 Å². The smallest absolute Gasteiger partial charge is 0.271 e. The monoisotopic (exact) mass is 333 g/mol. The lowest BCUT2D eigenvalue weighted by Crippen LogP contribution is -2.17. The van der Waals surface area contributed by atoms with Crippen LogP contribution in [0, 0.1) is 0 Å². The van der Waals surface area contributed by atoms with Gasteiger partial charge >= 0.3 is 0 Å². The van der Waals surface area contributed by atoms with Gasteiger partial charge < -0.3 is 4.74 Å². The summed E-state index contributed by atoms with van der Waals surface area (Å²) in [5.74, 6) is 0.482. The van der Waals surface area contributed by atoms with Gasteiger partial charge in [0, 0.05) is 22.7 Å². The van der Waals surface area contributed by atoms with Crippen molar-refractivity contribution in [3.8, 4) is 5.75 Å². The maximum atomic E-state index is 12.1. The number of aromatic nitrogens is 1. The molecule has 1 amide bonds. The van der Waals surface area contributed by atoms with Crippen LogP contribution in [-0.4, -0.2) is 23.7 Å². The van der Waals surface area contributed by atoms with Crippen LogP contribution in [-0.2, 0) is 0 Å². The van der Waals surface area contributed by atoms with Gasteiger partial charge in [-0.2, -0.15) is 5.10 Å². The molecule has 2 aromatic carbocycles. The molecule has 1 aromatic heterocycles. The quantitative estimate of drug-likeness (QED) is 0.551. The van der Waals surface area contributed by atoms with Crippen LogP contribution in [0.5, 0.6) is 5.75 Å². The van der Waals surface area contributed by atoms with Crippen molar-refractivity contribution in [2.45, 2.75) is 13.3 Å². The first-order valence-electron chi connectivity index (χ1n) is 8.18. The number of pyridine rings is 1. The van der Waals surface area contributed by atoms with E-state index in [-0.39, 0.29) is 5.91 Å². The van der Waals surface area contributed by atoms with Crippen LogP contribution in [0.2, 0.25) is 0 Å². The molecule has 0 radical (unpaired) electrons. The van der Waals surface area contributed by atoms with Crippen LogP contribution in [0.15, 0.2) is 65.9 Å². The second kappa shape index (κ2) is 8.06. The maximum absolute atomic E-state index is 12.1. The Balaban J connectivity index is 1.66. The van der Waals surface area contributed by atoms with Crippen molar-refractivity contribution in [3.63, 3.8) is 0 Å². The Bertz CT molecular complexity index is 884. The number of para-hydroxylation sites is 1. The average Bonchev–Trinajstić information content (AvgIpc) is 2.67. The van der Waals surface area contributed by atoms with Crippen molar-refractivity contribution >= 4 is 23.0 Å². The predicted octanol–water partition coefficient (Wildman–Crippen LogP) is 3.79. The van der Waals surface area contributed by atoms with Gasteiger partial charge in [-0.15, -0.1) is 0 Å². The molecule has 126 valence electrons. The van der Waals surface area contributed by atoms with Crippen molar-refractivity contribution < 1.29 is 9.53 Å². The SMILES string of the molecule is CCCOc1ccc(C(=O)N/N=C\c2cccc3cccnc23)cc1. The van der Waals surface area contributed by atoms with Crippen LogP contribution in [0.1, 0.15) is 29.3 Å². The zero-order valence-electron chi connectivity index (χ0n) is 14.0. The summed E-state index contributed by atoms with van der Waals surface area (Å²) in [6.45, 7) is 2.71. The van der Waals surface area contributed by atoms with E-state index in [1.807, 2.05) is 37.3 Å². The van der Waals surface area contributed by atoms with E-state index in [4.69, 9.17) is 4.74 Å². The average molecular weight is 333 g/mol. The maximum Gasteiger partial charge on any atom is 0.271 e. The first-order chi connectivity index (χ1) is 12.3. The molecular weight excluding hydrogens is 314 g/mol. The molecule has 3 rings (SSSR count). The number of hydrogen-bond acceptors (Lipinski definition) is 4. The number of benzene rings is 2. The number of hydrogen-bond donors (Lipinski definition) is 1. The van der Waals surface area contributed by atoms with E-state index < -0.39 is 0 Å². The fourth-order valence-corrected chi connectivity index (χ4v) is 2.38. The normalized spacial score (nSPS) is 10.9. The van der Waals surface area contributed by atoms with Gasteiger partial charge in [-0.1, -0.05) is 31.2 Å². The first-order valence-corrected chi connectivity index (χ1v) is 8.18. The molecule has 0 saturated heterocycles. The van der Waals surface area contributed by atoms with E-state index in [0.717, 1.165) is 28.6 Å². The highest BCUT2D eigenvalue weighted by Gasteiger charge is 2.04. The molecule has 0 unspecified atom stereocenters. The lowest BCUT2D eigenvalue weighted by atomic mass is 10.1. The van der Waals surface area contributed by atoms with E-state index in [1.165, 1.54) is 0 Å².